The van der Waals surface area contributed by atoms with Gasteiger partial charge < -0.3 is 34.9 Å². The van der Waals surface area contributed by atoms with Gasteiger partial charge in [0.2, 0.25) is 0 Å². The second-order valence-corrected chi connectivity index (χ2v) is 27.8. The van der Waals surface area contributed by atoms with E-state index in [0.717, 1.165) is 85.4 Å². The number of aromatic nitrogens is 9. The number of rotatable bonds is 9. The Hall–Kier alpha value is -11.9. The van der Waals surface area contributed by atoms with Crippen LogP contribution in [0.4, 0.5) is 13.2 Å². The molecule has 0 fully saturated rings. The third-order valence-electron chi connectivity index (χ3n) is 19.4. The Morgan fingerprint density at radius 2 is 0.672 bits per heavy atom. The number of nitrogens with zero attached hydrogens (tertiary/aromatic N) is 9. The van der Waals surface area contributed by atoms with Crippen LogP contribution < -0.4 is 0 Å². The summed E-state index contributed by atoms with van der Waals surface area (Å²) < 4.78 is 38.7. The molecule has 0 saturated heterocycles. The first-order chi connectivity index (χ1) is 60.0. The van der Waals surface area contributed by atoms with Gasteiger partial charge in [-0.1, -0.05) is 183 Å². The molecule has 9 nitrogen and oxygen atoms in total. The summed E-state index contributed by atoms with van der Waals surface area (Å²) in [5, 5.41) is 9.07. The van der Waals surface area contributed by atoms with E-state index in [1.807, 2.05) is 284 Å². The number of halogens is 3. The Labute approximate surface area is 828 Å². The molecule has 1 aliphatic rings. The van der Waals surface area contributed by atoms with Gasteiger partial charge in [0.05, 0.1) is 0 Å². The summed E-state index contributed by atoms with van der Waals surface area (Å²) in [6, 6.07) is 148. The van der Waals surface area contributed by atoms with E-state index in [2.05, 4.69) is 187 Å². The van der Waals surface area contributed by atoms with Crippen molar-refractivity contribution in [1.29, 1.82) is 0 Å². The molecule has 0 atom stereocenters. The Morgan fingerprint density at radius 1 is 0.281 bits per heavy atom. The van der Waals surface area contributed by atoms with Gasteiger partial charge in [0, 0.05) is 177 Å². The third-order valence-corrected chi connectivity index (χ3v) is 19.4. The Kier molecular flexibility index (Phi) is 41.6. The van der Waals surface area contributed by atoms with Gasteiger partial charge >= 0.3 is 6.18 Å². The topological polar surface area (TPSA) is 108 Å². The zero-order chi connectivity index (χ0) is 83.8. The SMILES string of the molecule is CC1(C)c2ccccc2-c2c[c-]c(-n3cccn3)cc21.FC(F)(F)c1c[c-]c(-c2ccccn2)cc1.[Ir].[Ir].[Ir].[Ir].[Ir].[Pt].[c-]1ccc(-c2ccccc2)cc1-c1ccccn1.[c-]1ccccc1-c1ccccn1.[c-]1ccccc1-c1ccccn1.[c-]1ccccc1-c1ccccn1.[c-]1ccccc1-c1nccc2ccccc12.[c-]1ccccc1-c1nccc2ccccc12. The van der Waals surface area contributed by atoms with Crippen molar-refractivity contribution in [2.45, 2.75) is 25.4 Å². The van der Waals surface area contributed by atoms with Crippen molar-refractivity contribution in [2.75, 3.05) is 0 Å². The average molecular weight is 2740 g/mol. The molecule has 8 aromatic heterocycles. The monoisotopic (exact) mass is 2740 g/mol. The van der Waals surface area contributed by atoms with E-state index in [9.17, 15) is 13.2 Å². The molecule has 647 valence electrons. The molecule has 0 aliphatic heterocycles. The van der Waals surface area contributed by atoms with E-state index in [4.69, 9.17) is 0 Å². The maximum Gasteiger partial charge on any atom is 0.381 e. The molecule has 1 aliphatic carbocycles. The van der Waals surface area contributed by atoms with Crippen molar-refractivity contribution < 1.29 is 135 Å². The molecule has 0 unspecified atom stereocenters. The number of alkyl halides is 3. The van der Waals surface area contributed by atoms with Gasteiger partial charge in [-0.15, -0.1) is 262 Å². The maximum atomic E-state index is 12.3. The summed E-state index contributed by atoms with van der Waals surface area (Å²) in [5.74, 6) is 0. The smallest absolute Gasteiger partial charge is 0.305 e. The number of benzene rings is 12. The minimum Gasteiger partial charge on any atom is -0.305 e. The summed E-state index contributed by atoms with van der Waals surface area (Å²) in [5.41, 5.74) is 21.3. The van der Waals surface area contributed by atoms with E-state index < -0.39 is 11.7 Å². The molecular formula is C110H78F3Ir5N9Pt-8. The van der Waals surface area contributed by atoms with Crippen LogP contribution >= 0.6 is 0 Å². The summed E-state index contributed by atoms with van der Waals surface area (Å²) in [4.78, 5) is 29.9. The van der Waals surface area contributed by atoms with Gasteiger partial charge in [0.1, 0.15) is 0 Å². The standard InChI is InChI=1S/C18H15N2.C17H12N.2C15H10N.C12H7F3N.3C11H8N.5Ir.Pt/c1-18(2)16-7-4-3-6-14(16)15-9-8-13(12-17(15)18)20-11-5-10-19-20;1-2-7-14(8-3-1)15-9-6-10-16(13-15)17-11-4-5-12-18-17;2*1-2-7-13(8-3-1)15-14-9-5-4-6-12(14)10-11-16-15;13-12(14,15)10-6-4-9(5-7-10)11-3-1-2-8-16-11;3*1-2-6-10(7-3-1)11-8-4-5-9-12-11;;;;;;/h3-7,9-12H,1-2H3;1-9,11-13H;2*1-7,9-11H;1-4,6-8H;3*1-6,8-9H;;;;;;/q8*-1;;;;;;. The van der Waals surface area contributed by atoms with E-state index in [1.54, 1.807) is 55.4 Å². The van der Waals surface area contributed by atoms with Gasteiger partial charge in [-0.2, -0.15) is 30.4 Å². The maximum absolute atomic E-state index is 12.3. The zero-order valence-corrected chi connectivity index (χ0v) is 83.0. The van der Waals surface area contributed by atoms with E-state index in [-0.39, 0.29) is 127 Å². The number of hydrogen-bond acceptors (Lipinski definition) is 8. The van der Waals surface area contributed by atoms with Crippen LogP contribution in [0.1, 0.15) is 30.5 Å². The van der Waals surface area contributed by atoms with Gasteiger partial charge in [0.25, 0.3) is 0 Å². The van der Waals surface area contributed by atoms with Crippen molar-refractivity contribution in [1.82, 2.24) is 44.7 Å². The molecule has 128 heavy (non-hydrogen) atoms. The molecule has 12 aromatic carbocycles. The molecule has 8 heterocycles. The largest absolute Gasteiger partial charge is 0.381 e. The molecule has 0 amide bonds. The average Bonchev–Trinajstić information content (AvgIpc) is 1.58. The molecule has 0 N–H and O–H groups in total. The number of fused-ring (bicyclic) bond motifs is 5. The Bertz CT molecular complexity index is 6080. The summed E-state index contributed by atoms with van der Waals surface area (Å²) >= 11 is 0. The van der Waals surface area contributed by atoms with Crippen LogP contribution in [0.5, 0.6) is 0 Å². The van der Waals surface area contributed by atoms with E-state index in [0.29, 0.717) is 11.3 Å². The van der Waals surface area contributed by atoms with Gasteiger partial charge in [0.15, 0.2) is 0 Å². The minimum absolute atomic E-state index is 0. The predicted octanol–water partition coefficient (Wildman–Crippen LogP) is 26.8. The first-order valence-electron chi connectivity index (χ1n) is 39.4. The van der Waals surface area contributed by atoms with Crippen molar-refractivity contribution in [3.8, 4) is 107 Å². The van der Waals surface area contributed by atoms with Gasteiger partial charge in [-0.25, -0.2) is 0 Å². The molecule has 0 saturated carbocycles. The van der Waals surface area contributed by atoms with Gasteiger partial charge in [-0.3, -0.25) is 4.68 Å². The summed E-state index contributed by atoms with van der Waals surface area (Å²) in [6.07, 6.45) is 11.9. The molecular weight excluding hydrogens is 2660 g/mol. The molecule has 21 rings (SSSR count). The first kappa shape index (κ1) is 102. The Morgan fingerprint density at radius 3 is 1.07 bits per heavy atom. The number of pyridine rings is 7. The molecule has 18 heteroatoms. The molecule has 0 spiro atoms. The molecule has 0 bridgehead atoms. The normalized spacial score (nSPS) is 10.5. The van der Waals surface area contributed by atoms with Crippen LogP contribution in [0, 0.1) is 48.5 Å². The molecule has 20 aromatic rings. The van der Waals surface area contributed by atoms with Crippen molar-refractivity contribution >= 4 is 21.5 Å². The van der Waals surface area contributed by atoms with Crippen molar-refractivity contribution in [2.24, 2.45) is 0 Å². The fourth-order valence-electron chi connectivity index (χ4n) is 13.4. The van der Waals surface area contributed by atoms with Crippen molar-refractivity contribution in [3.63, 3.8) is 0 Å². The fourth-order valence-corrected chi connectivity index (χ4v) is 13.4. The zero-order valence-electron chi connectivity index (χ0n) is 68.7. The van der Waals surface area contributed by atoms with Crippen molar-refractivity contribution in [3.05, 3.63) is 503 Å². The molecule has 5 radical (unpaired) electrons. The quantitative estimate of drug-likeness (QED) is 0.132. The van der Waals surface area contributed by atoms with Crippen LogP contribution in [-0.4, -0.2) is 44.7 Å². The first-order valence-corrected chi connectivity index (χ1v) is 39.4. The van der Waals surface area contributed by atoms with Crippen LogP contribution in [0.15, 0.2) is 438 Å². The predicted molar refractivity (Wildman–Crippen MR) is 485 cm³/mol. The number of hydrogen-bond donors (Lipinski definition) is 0. The second-order valence-electron chi connectivity index (χ2n) is 27.8. The second kappa shape index (κ2) is 52.4. The minimum atomic E-state index is -4.32. The van der Waals surface area contributed by atoms with Gasteiger partial charge in [-0.05, 0) is 138 Å². The third kappa shape index (κ3) is 28.3. The van der Waals surface area contributed by atoms with E-state index >= 15 is 0 Å². The summed E-state index contributed by atoms with van der Waals surface area (Å²) in [7, 11) is 0. The fraction of sp³-hybridized carbons (Fsp3) is 0.0364. The van der Waals surface area contributed by atoms with Crippen LogP contribution in [0.2, 0.25) is 0 Å². The van der Waals surface area contributed by atoms with E-state index in [1.165, 1.54) is 61.0 Å². The Balaban J connectivity index is 0.000000181. The van der Waals surface area contributed by atoms with Crippen LogP contribution in [-0.2, 0) is 133 Å². The van der Waals surface area contributed by atoms with Crippen LogP contribution in [0.25, 0.3) is 128 Å². The summed E-state index contributed by atoms with van der Waals surface area (Å²) in [6.45, 7) is 4.56. The van der Waals surface area contributed by atoms with Crippen LogP contribution in [0.3, 0.4) is 0 Å².